The Morgan fingerprint density at radius 2 is 1.93 bits per heavy atom. The van der Waals surface area contributed by atoms with Crippen LogP contribution in [0.5, 0.6) is 0 Å². The Hall–Kier alpha value is -0.700. The van der Waals surface area contributed by atoms with Crippen LogP contribution in [0.2, 0.25) is 0 Å². The fourth-order valence-corrected chi connectivity index (χ4v) is 5.19. The van der Waals surface area contributed by atoms with E-state index in [0.717, 1.165) is 0 Å². The topological polar surface area (TPSA) is 0 Å². The van der Waals surface area contributed by atoms with Crippen molar-refractivity contribution in [3.63, 3.8) is 0 Å². The SMILES string of the molecule is CC1(C)C2=CC=CI=C2c2ccccc21. The minimum atomic E-state index is 0.0903. The number of hydrogen-bond acceptors (Lipinski definition) is 0. The van der Waals surface area contributed by atoms with Crippen molar-refractivity contribution >= 4 is 24.2 Å². The summed E-state index contributed by atoms with van der Waals surface area (Å²) in [6, 6.07) is 8.88. The first-order valence-electron chi connectivity index (χ1n) is 5.19. The lowest BCUT2D eigenvalue weighted by Crippen LogP contribution is -2.16. The van der Waals surface area contributed by atoms with Gasteiger partial charge in [0.25, 0.3) is 0 Å². The summed E-state index contributed by atoms with van der Waals surface area (Å²) in [5.41, 5.74) is 4.79. The van der Waals surface area contributed by atoms with E-state index in [2.05, 4.69) is 54.3 Å². The lowest BCUT2D eigenvalue weighted by molar-refractivity contribution is 0.663. The molecule has 1 aliphatic carbocycles. The van der Waals surface area contributed by atoms with Crippen LogP contribution in [0.4, 0.5) is 0 Å². The average molecular weight is 308 g/mol. The minimum absolute atomic E-state index is 0.0903. The monoisotopic (exact) mass is 308 g/mol. The highest BCUT2D eigenvalue weighted by Crippen LogP contribution is 2.45. The van der Waals surface area contributed by atoms with Gasteiger partial charge in [-0.1, -0.05) is 71.0 Å². The molecule has 0 fully saturated rings. The molecule has 1 aromatic carbocycles. The fourth-order valence-electron chi connectivity index (χ4n) is 2.42. The van der Waals surface area contributed by atoms with Crippen molar-refractivity contribution in [2.75, 3.05) is 0 Å². The lowest BCUT2D eigenvalue weighted by Gasteiger charge is -2.21. The second-order valence-corrected chi connectivity index (χ2v) is 6.91. The maximum absolute atomic E-state index is 2.36. The van der Waals surface area contributed by atoms with Gasteiger partial charge in [0.15, 0.2) is 0 Å². The molecule has 0 nitrogen and oxygen atoms in total. The van der Waals surface area contributed by atoms with Crippen molar-refractivity contribution in [2.24, 2.45) is 0 Å². The molecule has 1 heterocycles. The van der Waals surface area contributed by atoms with E-state index in [9.17, 15) is 0 Å². The predicted molar refractivity (Wildman–Crippen MR) is 74.8 cm³/mol. The Kier molecular flexibility index (Phi) is 2.00. The zero-order valence-electron chi connectivity index (χ0n) is 8.92. The van der Waals surface area contributed by atoms with E-state index in [1.54, 1.807) is 9.08 Å². The molecule has 0 bridgehead atoms. The standard InChI is InChI=1S/C14H13I/c1-14(2)11-7-4-3-6-10(11)13-12(14)8-5-9-15-13/h3-9H,1-2H3. The molecule has 0 saturated carbocycles. The molecule has 76 valence electrons. The van der Waals surface area contributed by atoms with E-state index in [-0.39, 0.29) is 26.1 Å². The van der Waals surface area contributed by atoms with Crippen molar-refractivity contribution in [3.8, 4) is 0 Å². The van der Waals surface area contributed by atoms with Gasteiger partial charge < -0.3 is 0 Å². The van der Waals surface area contributed by atoms with Gasteiger partial charge >= 0.3 is 0 Å². The van der Waals surface area contributed by atoms with E-state index in [4.69, 9.17) is 0 Å². The zero-order chi connectivity index (χ0) is 10.5. The molecule has 1 heteroatoms. The molecule has 0 N–H and O–H groups in total. The first-order valence-corrected chi connectivity index (χ1v) is 7.51. The molecule has 15 heavy (non-hydrogen) atoms. The Balaban J connectivity index is 2.37. The molecular formula is C14H13I. The van der Waals surface area contributed by atoms with Crippen molar-refractivity contribution < 1.29 is 0 Å². The first-order chi connectivity index (χ1) is 7.21. The van der Waals surface area contributed by atoms with Crippen molar-refractivity contribution in [3.05, 3.63) is 57.2 Å². The fraction of sp³-hybridized carbons (Fsp3) is 0.214. The van der Waals surface area contributed by atoms with Crippen molar-refractivity contribution in [2.45, 2.75) is 19.3 Å². The largest absolute Gasteiger partial charge is 0.0846 e. The summed E-state index contributed by atoms with van der Waals surface area (Å²) in [6.07, 6.45) is 4.54. The van der Waals surface area contributed by atoms with E-state index in [1.165, 1.54) is 11.1 Å². The van der Waals surface area contributed by atoms with Gasteiger partial charge in [-0.2, -0.15) is 0 Å². The van der Waals surface area contributed by atoms with Crippen LogP contribution in [0.1, 0.15) is 25.0 Å². The van der Waals surface area contributed by atoms with Crippen LogP contribution in [0.15, 0.2) is 46.1 Å². The van der Waals surface area contributed by atoms with E-state index in [1.807, 2.05) is 0 Å². The third-order valence-electron chi connectivity index (χ3n) is 3.25. The van der Waals surface area contributed by atoms with Gasteiger partial charge in [-0.05, 0) is 20.8 Å². The van der Waals surface area contributed by atoms with Gasteiger partial charge in [-0.25, -0.2) is 0 Å². The number of benzene rings is 1. The molecule has 0 amide bonds. The summed E-state index contributed by atoms with van der Waals surface area (Å²) in [4.78, 5) is 0. The predicted octanol–water partition coefficient (Wildman–Crippen LogP) is 3.92. The van der Waals surface area contributed by atoms with Crippen LogP contribution in [0, 0.1) is 0 Å². The Bertz CT molecular complexity index is 516. The number of halogens is 1. The summed E-state index contributed by atoms with van der Waals surface area (Å²) < 4.78 is 3.99. The third-order valence-corrected chi connectivity index (χ3v) is 5.81. The van der Waals surface area contributed by atoms with Gasteiger partial charge in [-0.15, -0.1) is 0 Å². The summed E-state index contributed by atoms with van der Waals surface area (Å²) in [5.74, 6) is 0. The van der Waals surface area contributed by atoms with Crippen molar-refractivity contribution in [1.82, 2.24) is 0 Å². The molecule has 0 unspecified atom stereocenters. The second-order valence-electron chi connectivity index (χ2n) is 4.49. The van der Waals surface area contributed by atoms with E-state index >= 15 is 0 Å². The summed E-state index contributed by atoms with van der Waals surface area (Å²) in [7, 11) is 0. The van der Waals surface area contributed by atoms with Gasteiger partial charge in [0.05, 0.1) is 0 Å². The molecule has 1 aromatic rings. The highest BCUT2D eigenvalue weighted by molar-refractivity contribution is 14.2. The molecule has 0 atom stereocenters. The van der Waals surface area contributed by atoms with Gasteiger partial charge in [0.2, 0.25) is 0 Å². The number of allylic oxidation sites excluding steroid dienone is 3. The maximum atomic E-state index is 2.36. The van der Waals surface area contributed by atoms with Crippen LogP contribution in [-0.4, -0.2) is 3.51 Å². The first kappa shape index (κ1) is 9.52. The maximum Gasteiger partial charge on any atom is 0.0193 e. The number of fused-ring (bicyclic) bond motifs is 3. The molecule has 0 saturated heterocycles. The quantitative estimate of drug-likeness (QED) is 0.637. The Morgan fingerprint density at radius 3 is 2.80 bits per heavy atom. The summed E-state index contributed by atoms with van der Waals surface area (Å²) in [5, 5.41) is 0. The highest BCUT2D eigenvalue weighted by atomic mass is 127. The average Bonchev–Trinajstić information content (AvgIpc) is 2.51. The minimum Gasteiger partial charge on any atom is -0.0846 e. The van der Waals surface area contributed by atoms with Crippen LogP contribution >= 0.6 is 20.7 Å². The van der Waals surface area contributed by atoms with Crippen LogP contribution in [-0.2, 0) is 5.41 Å². The van der Waals surface area contributed by atoms with Gasteiger partial charge in [0, 0.05) is 8.92 Å². The zero-order valence-corrected chi connectivity index (χ0v) is 11.1. The van der Waals surface area contributed by atoms with E-state index < -0.39 is 0 Å². The highest BCUT2D eigenvalue weighted by Gasteiger charge is 2.38. The number of rotatable bonds is 0. The lowest BCUT2D eigenvalue weighted by atomic mass is 9.83. The van der Waals surface area contributed by atoms with Crippen LogP contribution in [0.3, 0.4) is 0 Å². The molecule has 1 aliphatic heterocycles. The van der Waals surface area contributed by atoms with E-state index in [0.29, 0.717) is 0 Å². The molecule has 0 spiro atoms. The Labute approximate surface area is 100 Å². The third kappa shape index (κ3) is 1.22. The molecule has 0 radical (unpaired) electrons. The summed E-state index contributed by atoms with van der Waals surface area (Å²) >= 11 is 0.0903. The van der Waals surface area contributed by atoms with Crippen LogP contribution < -0.4 is 0 Å². The Morgan fingerprint density at radius 1 is 1.13 bits per heavy atom. The second kappa shape index (κ2) is 3.14. The normalized spacial score (nSPS) is 20.9. The van der Waals surface area contributed by atoms with Gasteiger partial charge in [-0.3, -0.25) is 0 Å². The summed E-state index contributed by atoms with van der Waals surface area (Å²) in [6.45, 7) is 4.68. The smallest absolute Gasteiger partial charge is 0.0193 e. The molecule has 2 aliphatic rings. The molecular weight excluding hydrogens is 295 g/mol. The molecule has 0 aromatic heterocycles. The number of hydrogen-bond donors (Lipinski definition) is 0. The van der Waals surface area contributed by atoms with Crippen molar-refractivity contribution in [1.29, 1.82) is 0 Å². The van der Waals surface area contributed by atoms with Crippen LogP contribution in [0.25, 0.3) is 0 Å². The van der Waals surface area contributed by atoms with Gasteiger partial charge in [0.1, 0.15) is 0 Å². The molecule has 3 rings (SSSR count).